The lowest BCUT2D eigenvalue weighted by Crippen LogP contribution is -2.36. The molecule has 10 heteroatoms. The summed E-state index contributed by atoms with van der Waals surface area (Å²) in [5.41, 5.74) is 2.77. The van der Waals surface area contributed by atoms with Crippen molar-refractivity contribution in [2.24, 2.45) is 5.92 Å². The molecule has 0 atom stereocenters. The number of imidazole rings is 1. The van der Waals surface area contributed by atoms with Crippen LogP contribution in [0.4, 0.5) is 23.7 Å². The number of carbonyl (C=O) groups excluding carboxylic acids is 2. The third-order valence-electron chi connectivity index (χ3n) is 5.03. The van der Waals surface area contributed by atoms with Gasteiger partial charge in [-0.2, -0.15) is 13.2 Å². The van der Waals surface area contributed by atoms with Gasteiger partial charge < -0.3 is 15.4 Å². The largest absolute Gasteiger partial charge is 0.491 e. The molecule has 7 nitrogen and oxygen atoms in total. The van der Waals surface area contributed by atoms with Crippen LogP contribution in [0.15, 0.2) is 42.7 Å². The first-order chi connectivity index (χ1) is 15.6. The van der Waals surface area contributed by atoms with Crippen molar-refractivity contribution in [3.8, 4) is 17.0 Å². The molecule has 2 N–H and O–H groups in total. The first-order valence-electron chi connectivity index (χ1n) is 10.5. The van der Waals surface area contributed by atoms with E-state index in [-0.39, 0.29) is 23.5 Å². The van der Waals surface area contributed by atoms with Gasteiger partial charge in [-0.05, 0) is 51.0 Å². The SMILES string of the molecule is CC(C)Oc1cc(NC(=O)NCC(F)(F)F)cc(-c2cnc3cc(C(=O)C4CC4)ccn23)c1. The van der Waals surface area contributed by atoms with Crippen LogP contribution in [0.25, 0.3) is 16.9 Å². The van der Waals surface area contributed by atoms with Crippen LogP contribution in [0.3, 0.4) is 0 Å². The van der Waals surface area contributed by atoms with Crippen LogP contribution in [0.5, 0.6) is 5.75 Å². The summed E-state index contributed by atoms with van der Waals surface area (Å²) < 4.78 is 44.7. The van der Waals surface area contributed by atoms with Crippen molar-refractivity contribution < 1.29 is 27.5 Å². The minimum Gasteiger partial charge on any atom is -0.491 e. The topological polar surface area (TPSA) is 84.7 Å². The number of ketones is 1. The van der Waals surface area contributed by atoms with Crippen LogP contribution < -0.4 is 15.4 Å². The second kappa shape index (κ2) is 8.76. The molecule has 1 aliphatic rings. The van der Waals surface area contributed by atoms with Gasteiger partial charge in [0, 0.05) is 35.0 Å². The number of nitrogens with one attached hydrogen (secondary N) is 2. The summed E-state index contributed by atoms with van der Waals surface area (Å²) in [6.07, 6.45) is 0.540. The molecule has 4 rings (SSSR count). The van der Waals surface area contributed by atoms with Gasteiger partial charge in [0.1, 0.15) is 17.9 Å². The molecule has 0 aliphatic heterocycles. The molecule has 33 heavy (non-hydrogen) atoms. The smallest absolute Gasteiger partial charge is 0.405 e. The molecule has 1 fully saturated rings. The highest BCUT2D eigenvalue weighted by atomic mass is 19.4. The van der Waals surface area contributed by atoms with E-state index in [4.69, 9.17) is 4.74 Å². The number of aromatic nitrogens is 2. The van der Waals surface area contributed by atoms with Crippen LogP contribution in [0, 0.1) is 5.92 Å². The number of halogens is 3. The van der Waals surface area contributed by atoms with Crippen LogP contribution >= 0.6 is 0 Å². The van der Waals surface area contributed by atoms with Gasteiger partial charge >= 0.3 is 12.2 Å². The fourth-order valence-electron chi connectivity index (χ4n) is 3.44. The summed E-state index contributed by atoms with van der Waals surface area (Å²) >= 11 is 0. The van der Waals surface area contributed by atoms with Crippen molar-refractivity contribution in [3.05, 3.63) is 48.3 Å². The fourth-order valence-corrected chi connectivity index (χ4v) is 3.44. The highest BCUT2D eigenvalue weighted by Gasteiger charge is 2.30. The Bertz CT molecular complexity index is 1200. The van der Waals surface area contributed by atoms with E-state index in [0.717, 1.165) is 12.8 Å². The number of urea groups is 1. The number of amides is 2. The first-order valence-corrected chi connectivity index (χ1v) is 10.5. The maximum Gasteiger partial charge on any atom is 0.405 e. The number of pyridine rings is 1. The molecular weight excluding hydrogens is 437 g/mol. The van der Waals surface area contributed by atoms with E-state index in [1.54, 1.807) is 46.4 Å². The van der Waals surface area contributed by atoms with E-state index in [1.165, 1.54) is 6.07 Å². The van der Waals surface area contributed by atoms with E-state index in [9.17, 15) is 22.8 Å². The zero-order chi connectivity index (χ0) is 23.8. The highest BCUT2D eigenvalue weighted by molar-refractivity contribution is 6.00. The number of ether oxygens (including phenoxy) is 1. The molecule has 1 aliphatic carbocycles. The monoisotopic (exact) mass is 460 g/mol. The molecule has 0 bridgehead atoms. The van der Waals surface area contributed by atoms with E-state index >= 15 is 0 Å². The Kier molecular flexibility index (Phi) is 6.01. The Morgan fingerprint density at radius 2 is 1.97 bits per heavy atom. The molecule has 0 spiro atoms. The van der Waals surface area contributed by atoms with Gasteiger partial charge in [0.25, 0.3) is 0 Å². The molecule has 3 aromatic rings. The average Bonchev–Trinajstić information content (AvgIpc) is 3.49. The number of alkyl halides is 3. The number of nitrogens with zero attached hydrogens (tertiary/aromatic N) is 2. The predicted octanol–water partition coefficient (Wildman–Crippen LogP) is 5.07. The summed E-state index contributed by atoms with van der Waals surface area (Å²) in [6.45, 7) is 2.23. The lowest BCUT2D eigenvalue weighted by molar-refractivity contribution is -0.122. The summed E-state index contributed by atoms with van der Waals surface area (Å²) in [6, 6.07) is 7.41. The second-order valence-electron chi connectivity index (χ2n) is 8.26. The summed E-state index contributed by atoms with van der Waals surface area (Å²) in [5.74, 6) is 0.652. The second-order valence-corrected chi connectivity index (χ2v) is 8.26. The Hall–Kier alpha value is -3.56. The maximum absolute atomic E-state index is 12.4. The number of rotatable bonds is 7. The Balaban J connectivity index is 1.64. The number of hydrogen-bond acceptors (Lipinski definition) is 4. The standard InChI is InChI=1S/C23H23F3N4O3/c1-13(2)33-18-8-16(7-17(10-18)29-22(32)28-12-23(24,25)26)19-11-27-20-9-15(5-6-30(19)20)21(31)14-3-4-14/h5-11,13-14H,3-4,12H2,1-2H3,(H2,28,29,32). The van der Waals surface area contributed by atoms with E-state index in [0.29, 0.717) is 28.2 Å². The van der Waals surface area contributed by atoms with Crippen molar-refractivity contribution in [2.45, 2.75) is 39.0 Å². The molecule has 1 aromatic carbocycles. The maximum atomic E-state index is 12.4. The summed E-state index contributed by atoms with van der Waals surface area (Å²) in [7, 11) is 0. The Labute approximate surface area is 188 Å². The number of fused-ring (bicyclic) bond motifs is 1. The zero-order valence-corrected chi connectivity index (χ0v) is 18.1. The molecule has 2 amide bonds. The van der Waals surface area contributed by atoms with Gasteiger partial charge in [0.15, 0.2) is 5.78 Å². The highest BCUT2D eigenvalue weighted by Crippen LogP contribution is 2.34. The molecule has 1 saturated carbocycles. The van der Waals surface area contributed by atoms with Crippen LogP contribution in [-0.2, 0) is 0 Å². The van der Waals surface area contributed by atoms with Gasteiger partial charge in [0.05, 0.1) is 18.0 Å². The van der Waals surface area contributed by atoms with E-state index < -0.39 is 18.8 Å². The van der Waals surface area contributed by atoms with Gasteiger partial charge in [-0.3, -0.25) is 9.20 Å². The quantitative estimate of drug-likeness (QED) is 0.483. The number of anilines is 1. The van der Waals surface area contributed by atoms with Crippen molar-refractivity contribution >= 4 is 23.1 Å². The van der Waals surface area contributed by atoms with Gasteiger partial charge in [-0.15, -0.1) is 0 Å². The van der Waals surface area contributed by atoms with Gasteiger partial charge in [-0.25, -0.2) is 9.78 Å². The lowest BCUT2D eigenvalue weighted by atomic mass is 10.1. The number of benzene rings is 1. The Morgan fingerprint density at radius 3 is 2.64 bits per heavy atom. The molecule has 174 valence electrons. The van der Waals surface area contributed by atoms with E-state index in [1.807, 2.05) is 13.8 Å². The number of hydrogen-bond donors (Lipinski definition) is 2. The zero-order valence-electron chi connectivity index (χ0n) is 18.1. The molecule has 0 unspecified atom stereocenters. The fraction of sp³-hybridized carbons (Fsp3) is 0.348. The average molecular weight is 460 g/mol. The van der Waals surface area contributed by atoms with Crippen LogP contribution in [0.1, 0.15) is 37.0 Å². The van der Waals surface area contributed by atoms with Crippen molar-refractivity contribution in [2.75, 3.05) is 11.9 Å². The van der Waals surface area contributed by atoms with Crippen LogP contribution in [0.2, 0.25) is 0 Å². The molecule has 2 heterocycles. The number of Topliss-reactive ketones (excluding diaryl/α,β-unsaturated/α-hetero) is 1. The normalized spacial score (nSPS) is 13.9. The van der Waals surface area contributed by atoms with Crippen LogP contribution in [-0.4, -0.2) is 40.0 Å². The van der Waals surface area contributed by atoms with Gasteiger partial charge in [0.2, 0.25) is 0 Å². The summed E-state index contributed by atoms with van der Waals surface area (Å²) in [4.78, 5) is 28.7. The first kappa shape index (κ1) is 22.6. The minimum absolute atomic E-state index is 0.101. The predicted molar refractivity (Wildman–Crippen MR) is 117 cm³/mol. The summed E-state index contributed by atoms with van der Waals surface area (Å²) in [5, 5.41) is 4.20. The van der Waals surface area contributed by atoms with Crippen molar-refractivity contribution in [1.29, 1.82) is 0 Å². The van der Waals surface area contributed by atoms with E-state index in [2.05, 4.69) is 10.3 Å². The van der Waals surface area contributed by atoms with Crippen molar-refractivity contribution in [1.82, 2.24) is 14.7 Å². The van der Waals surface area contributed by atoms with Gasteiger partial charge in [-0.1, -0.05) is 0 Å². The lowest BCUT2D eigenvalue weighted by Gasteiger charge is -2.15. The third-order valence-corrected chi connectivity index (χ3v) is 5.03. The third kappa shape index (κ3) is 5.63. The van der Waals surface area contributed by atoms with Crippen molar-refractivity contribution in [3.63, 3.8) is 0 Å². The Morgan fingerprint density at radius 1 is 1.21 bits per heavy atom. The molecule has 2 aromatic heterocycles. The molecular formula is C23H23F3N4O3. The molecule has 0 saturated heterocycles. The minimum atomic E-state index is -4.51. The molecule has 0 radical (unpaired) electrons. The number of carbonyl (C=O) groups is 2.